The van der Waals surface area contributed by atoms with Gasteiger partial charge in [0.15, 0.2) is 0 Å². The fraction of sp³-hybridized carbons (Fsp3) is 0.500. The van der Waals surface area contributed by atoms with Gasteiger partial charge in [-0.3, -0.25) is 15.0 Å². The van der Waals surface area contributed by atoms with Crippen LogP contribution in [-0.2, 0) is 14.3 Å². The van der Waals surface area contributed by atoms with E-state index in [0.29, 0.717) is 24.1 Å². The molecule has 1 aromatic rings. The Hall–Kier alpha value is -2.63. The van der Waals surface area contributed by atoms with Crippen molar-refractivity contribution in [3.8, 4) is 0 Å². The molecule has 6 heteroatoms. The van der Waals surface area contributed by atoms with E-state index in [2.05, 4.69) is 5.43 Å². The van der Waals surface area contributed by atoms with Crippen LogP contribution >= 0.6 is 0 Å². The molecule has 3 aliphatic rings. The Morgan fingerprint density at radius 1 is 1.00 bits per heavy atom. The van der Waals surface area contributed by atoms with Crippen LogP contribution in [0.15, 0.2) is 36.4 Å². The minimum atomic E-state index is -0.372. The molecule has 0 unspecified atom stereocenters. The van der Waals surface area contributed by atoms with E-state index in [0.717, 1.165) is 25.7 Å². The van der Waals surface area contributed by atoms with Crippen molar-refractivity contribution in [2.45, 2.75) is 57.5 Å². The lowest BCUT2D eigenvalue weighted by atomic mass is 9.80. The quantitative estimate of drug-likeness (QED) is 0.493. The number of amides is 2. The van der Waals surface area contributed by atoms with Gasteiger partial charge in [-0.1, -0.05) is 31.1 Å². The molecule has 1 saturated heterocycles. The van der Waals surface area contributed by atoms with Crippen LogP contribution in [0.2, 0.25) is 0 Å². The first-order chi connectivity index (χ1) is 13.6. The average molecular weight is 382 g/mol. The zero-order valence-corrected chi connectivity index (χ0v) is 15.9. The lowest BCUT2D eigenvalue weighted by Crippen LogP contribution is -2.59. The van der Waals surface area contributed by atoms with E-state index in [4.69, 9.17) is 4.74 Å². The molecule has 28 heavy (non-hydrogen) atoms. The molecular weight excluding hydrogens is 356 g/mol. The lowest BCUT2D eigenvalue weighted by molar-refractivity contribution is -0.139. The summed E-state index contributed by atoms with van der Waals surface area (Å²) in [5.41, 5.74) is 3.58. The lowest BCUT2D eigenvalue weighted by Gasteiger charge is -2.38. The van der Waals surface area contributed by atoms with Gasteiger partial charge in [0.1, 0.15) is 6.10 Å². The maximum atomic E-state index is 12.9. The summed E-state index contributed by atoms with van der Waals surface area (Å²) in [6, 6.07) is 6.74. The van der Waals surface area contributed by atoms with Crippen molar-refractivity contribution >= 4 is 23.5 Å². The summed E-state index contributed by atoms with van der Waals surface area (Å²) >= 11 is 0. The van der Waals surface area contributed by atoms with Crippen LogP contribution in [-0.4, -0.2) is 23.9 Å². The smallest absolute Gasteiger partial charge is 0.338 e. The van der Waals surface area contributed by atoms with Crippen LogP contribution in [0.4, 0.5) is 5.69 Å². The second-order valence-electron chi connectivity index (χ2n) is 7.87. The summed E-state index contributed by atoms with van der Waals surface area (Å²) in [6.45, 7) is 0. The van der Waals surface area contributed by atoms with Gasteiger partial charge in [0, 0.05) is 0 Å². The van der Waals surface area contributed by atoms with E-state index in [1.165, 1.54) is 17.9 Å². The van der Waals surface area contributed by atoms with Crippen LogP contribution in [0.3, 0.4) is 0 Å². The molecule has 1 aromatic carbocycles. The summed E-state index contributed by atoms with van der Waals surface area (Å²) in [7, 11) is 0. The molecule has 2 atom stereocenters. The highest BCUT2D eigenvalue weighted by atomic mass is 16.5. The van der Waals surface area contributed by atoms with Gasteiger partial charge in [-0.2, -0.15) is 0 Å². The first-order valence-electron chi connectivity index (χ1n) is 10.2. The number of nitrogens with one attached hydrogen (secondary N) is 1. The van der Waals surface area contributed by atoms with Crippen molar-refractivity contribution in [3.63, 3.8) is 0 Å². The van der Waals surface area contributed by atoms with E-state index in [9.17, 15) is 14.4 Å². The highest BCUT2D eigenvalue weighted by Crippen LogP contribution is 2.32. The predicted molar refractivity (Wildman–Crippen MR) is 104 cm³/mol. The van der Waals surface area contributed by atoms with E-state index >= 15 is 0 Å². The third kappa shape index (κ3) is 3.81. The van der Waals surface area contributed by atoms with E-state index in [1.807, 2.05) is 12.2 Å². The van der Waals surface area contributed by atoms with Crippen molar-refractivity contribution in [2.24, 2.45) is 11.8 Å². The first-order valence-corrected chi connectivity index (χ1v) is 10.2. The second-order valence-corrected chi connectivity index (χ2v) is 7.87. The molecule has 4 rings (SSSR count). The summed E-state index contributed by atoms with van der Waals surface area (Å²) in [5, 5.41) is 1.28. The van der Waals surface area contributed by atoms with Gasteiger partial charge in [-0.05, 0) is 56.7 Å². The zero-order chi connectivity index (χ0) is 19.5. The number of ether oxygens (including phenoxy) is 1. The fourth-order valence-electron chi connectivity index (χ4n) is 4.33. The minimum absolute atomic E-state index is 0.0373. The van der Waals surface area contributed by atoms with Gasteiger partial charge in [-0.25, -0.2) is 9.80 Å². The van der Waals surface area contributed by atoms with Crippen LogP contribution in [0, 0.1) is 11.8 Å². The number of carbonyl (C=O) groups is 3. The Bertz CT molecular complexity index is 795. The summed E-state index contributed by atoms with van der Waals surface area (Å²) in [5.74, 6) is -1.32. The number of anilines is 1. The standard InChI is InChI=1S/C22H26N2O4/c25-20-18-12-5-6-13-19(18)21(26)24(23-20)16-9-7-8-15(14-16)22(27)28-17-10-3-1-2-4-11-17/h5-9,14,17-19H,1-4,10-13H2,(H,23,25)/t18-,19-/m1/s1. The second kappa shape index (κ2) is 8.17. The third-order valence-corrected chi connectivity index (χ3v) is 5.94. The van der Waals surface area contributed by atoms with E-state index < -0.39 is 0 Å². The molecule has 1 aliphatic heterocycles. The third-order valence-electron chi connectivity index (χ3n) is 5.94. The SMILES string of the molecule is O=C(OC1CCCCCC1)c1cccc(N2NC(=O)[C@@H]3CC=CC[C@H]3C2=O)c1. The number of esters is 1. The number of nitrogens with zero attached hydrogens (tertiary/aromatic N) is 1. The maximum absolute atomic E-state index is 12.9. The van der Waals surface area contributed by atoms with Crippen LogP contribution in [0.25, 0.3) is 0 Å². The maximum Gasteiger partial charge on any atom is 0.338 e. The number of hydrazine groups is 1. The Labute approximate surface area is 164 Å². The monoisotopic (exact) mass is 382 g/mol. The van der Waals surface area contributed by atoms with Crippen molar-refractivity contribution in [3.05, 3.63) is 42.0 Å². The normalized spacial score (nSPS) is 25.6. The minimum Gasteiger partial charge on any atom is -0.459 e. The van der Waals surface area contributed by atoms with Gasteiger partial charge in [0.25, 0.3) is 0 Å². The van der Waals surface area contributed by atoms with Gasteiger partial charge >= 0.3 is 5.97 Å². The number of hydrogen-bond donors (Lipinski definition) is 1. The Morgan fingerprint density at radius 2 is 1.71 bits per heavy atom. The number of rotatable bonds is 3. The predicted octanol–water partition coefficient (Wildman–Crippen LogP) is 3.53. The molecule has 1 heterocycles. The molecule has 0 radical (unpaired) electrons. The van der Waals surface area contributed by atoms with Crippen LogP contribution in [0.1, 0.15) is 61.7 Å². The molecule has 0 spiro atoms. The molecule has 1 N–H and O–H groups in total. The van der Waals surface area contributed by atoms with Crippen molar-refractivity contribution < 1.29 is 19.1 Å². The number of carbonyl (C=O) groups excluding carboxylic acids is 3. The van der Waals surface area contributed by atoms with Crippen molar-refractivity contribution in [1.82, 2.24) is 5.43 Å². The Balaban J connectivity index is 1.50. The Kier molecular flexibility index (Phi) is 5.46. The molecule has 2 fully saturated rings. The summed E-state index contributed by atoms with van der Waals surface area (Å²) < 4.78 is 5.69. The summed E-state index contributed by atoms with van der Waals surface area (Å²) in [6.07, 6.45) is 11.4. The average Bonchev–Trinajstić information content (AvgIpc) is 2.99. The van der Waals surface area contributed by atoms with Gasteiger partial charge in [0.05, 0.1) is 23.1 Å². The largest absolute Gasteiger partial charge is 0.459 e. The molecule has 1 saturated carbocycles. The van der Waals surface area contributed by atoms with Crippen molar-refractivity contribution in [1.29, 1.82) is 0 Å². The molecule has 0 aromatic heterocycles. The first kappa shape index (κ1) is 18.7. The molecule has 148 valence electrons. The zero-order valence-electron chi connectivity index (χ0n) is 15.9. The summed E-state index contributed by atoms with van der Waals surface area (Å²) in [4.78, 5) is 38.0. The number of fused-ring (bicyclic) bond motifs is 1. The fourth-order valence-corrected chi connectivity index (χ4v) is 4.33. The van der Waals surface area contributed by atoms with E-state index in [-0.39, 0.29) is 35.7 Å². The van der Waals surface area contributed by atoms with Gasteiger partial charge < -0.3 is 4.74 Å². The van der Waals surface area contributed by atoms with Crippen LogP contribution in [0.5, 0.6) is 0 Å². The molecule has 2 aliphatic carbocycles. The highest BCUT2D eigenvalue weighted by molar-refractivity contribution is 6.04. The molecule has 6 nitrogen and oxygen atoms in total. The molecule has 0 bridgehead atoms. The number of allylic oxidation sites excluding steroid dienone is 2. The van der Waals surface area contributed by atoms with Gasteiger partial charge in [0.2, 0.25) is 11.8 Å². The Morgan fingerprint density at radius 3 is 2.46 bits per heavy atom. The van der Waals surface area contributed by atoms with Crippen molar-refractivity contribution in [2.75, 3.05) is 5.01 Å². The highest BCUT2D eigenvalue weighted by Gasteiger charge is 2.42. The molecule has 2 amide bonds. The number of benzene rings is 1. The van der Waals surface area contributed by atoms with E-state index in [1.54, 1.807) is 24.3 Å². The number of hydrogen-bond acceptors (Lipinski definition) is 4. The molecular formula is C22H26N2O4. The topological polar surface area (TPSA) is 75.7 Å². The van der Waals surface area contributed by atoms with Crippen LogP contribution < -0.4 is 10.4 Å². The van der Waals surface area contributed by atoms with Gasteiger partial charge in [-0.15, -0.1) is 0 Å².